The highest BCUT2D eigenvalue weighted by atomic mass is 32.1. The van der Waals surface area contributed by atoms with Crippen LogP contribution in [0.1, 0.15) is 28.2 Å². The predicted molar refractivity (Wildman–Crippen MR) is 114 cm³/mol. The maximum Gasteiger partial charge on any atom is 0.263 e. The van der Waals surface area contributed by atoms with Crippen molar-refractivity contribution < 1.29 is 4.79 Å². The van der Waals surface area contributed by atoms with Crippen LogP contribution in [0.5, 0.6) is 0 Å². The summed E-state index contributed by atoms with van der Waals surface area (Å²) in [6, 6.07) is 8.21. The van der Waals surface area contributed by atoms with Crippen molar-refractivity contribution in [2.45, 2.75) is 25.8 Å². The van der Waals surface area contributed by atoms with Gasteiger partial charge in [0.05, 0.1) is 0 Å². The Balaban J connectivity index is 1.58. The minimum atomic E-state index is -0.0670. The molecule has 1 amide bonds. The molecule has 0 aliphatic carbocycles. The fourth-order valence-electron chi connectivity index (χ4n) is 4.05. The van der Waals surface area contributed by atoms with Gasteiger partial charge in [-0.15, -0.1) is 10.2 Å². The number of rotatable bonds is 3. The van der Waals surface area contributed by atoms with E-state index in [-0.39, 0.29) is 11.9 Å². The number of carbonyl (C=O) groups excluding carboxylic acids is 1. The molecule has 4 heterocycles. The van der Waals surface area contributed by atoms with Crippen LogP contribution in [0.2, 0.25) is 0 Å². The molecule has 1 atom stereocenters. The van der Waals surface area contributed by atoms with Crippen LogP contribution in [-0.4, -0.2) is 52.3 Å². The van der Waals surface area contributed by atoms with Gasteiger partial charge in [-0.05, 0) is 31.9 Å². The highest BCUT2D eigenvalue weighted by molar-refractivity contribution is 7.14. The molecule has 0 radical (unpaired) electrons. The maximum absolute atomic E-state index is 13.5. The second-order valence-corrected chi connectivity index (χ2v) is 8.44. The topological polar surface area (TPSA) is 87.1 Å². The lowest BCUT2D eigenvalue weighted by atomic mass is 10.1. The normalized spacial score (nSPS) is 18.4. The average molecular weight is 408 g/mol. The first-order valence-electron chi connectivity index (χ1n) is 9.68. The SMILES string of the molecule is CNc1ncc2c(n1)N1CCC[C@H]1CN(c1cccc(-c3nnc(C)s3)c1)C2=O. The number of aromatic nitrogens is 4. The zero-order valence-electron chi connectivity index (χ0n) is 16.3. The van der Waals surface area contributed by atoms with Crippen molar-refractivity contribution in [3.05, 3.63) is 41.0 Å². The molecule has 1 N–H and O–H groups in total. The molecule has 2 aliphatic rings. The lowest BCUT2D eigenvalue weighted by Gasteiger charge is -2.27. The lowest BCUT2D eigenvalue weighted by molar-refractivity contribution is 0.0988. The van der Waals surface area contributed by atoms with Crippen molar-refractivity contribution in [2.24, 2.45) is 0 Å². The number of nitrogens with one attached hydrogen (secondary N) is 1. The Labute approximate surface area is 172 Å². The second kappa shape index (κ2) is 7.07. The number of hydrogen-bond acceptors (Lipinski definition) is 8. The summed E-state index contributed by atoms with van der Waals surface area (Å²) in [4.78, 5) is 26.5. The third kappa shape index (κ3) is 3.11. The van der Waals surface area contributed by atoms with E-state index in [0.717, 1.165) is 46.5 Å². The number of carbonyl (C=O) groups is 1. The van der Waals surface area contributed by atoms with Gasteiger partial charge in [-0.25, -0.2) is 4.98 Å². The zero-order valence-corrected chi connectivity index (χ0v) is 17.1. The molecule has 148 valence electrons. The molecule has 0 saturated carbocycles. The fraction of sp³-hybridized carbons (Fsp3) is 0.350. The van der Waals surface area contributed by atoms with E-state index in [1.165, 1.54) is 0 Å². The van der Waals surface area contributed by atoms with E-state index in [4.69, 9.17) is 0 Å². The van der Waals surface area contributed by atoms with E-state index in [2.05, 4.69) is 30.4 Å². The summed E-state index contributed by atoms with van der Waals surface area (Å²) in [5.41, 5.74) is 2.37. The molecule has 5 rings (SSSR count). The van der Waals surface area contributed by atoms with Gasteiger partial charge in [-0.1, -0.05) is 23.5 Å². The highest BCUT2D eigenvalue weighted by Gasteiger charge is 2.37. The number of aryl methyl sites for hydroxylation is 1. The summed E-state index contributed by atoms with van der Waals surface area (Å²) < 4.78 is 0. The molecule has 9 heteroatoms. The largest absolute Gasteiger partial charge is 0.357 e. The monoisotopic (exact) mass is 407 g/mol. The van der Waals surface area contributed by atoms with Crippen molar-refractivity contribution in [2.75, 3.05) is 35.3 Å². The molecular weight excluding hydrogens is 386 g/mol. The summed E-state index contributed by atoms with van der Waals surface area (Å²) in [6.45, 7) is 3.47. The van der Waals surface area contributed by atoms with Crippen LogP contribution in [0.4, 0.5) is 17.5 Å². The van der Waals surface area contributed by atoms with Crippen molar-refractivity contribution in [3.63, 3.8) is 0 Å². The van der Waals surface area contributed by atoms with E-state index in [1.54, 1.807) is 24.6 Å². The van der Waals surface area contributed by atoms with Crippen LogP contribution in [0.3, 0.4) is 0 Å². The Kier molecular flexibility index (Phi) is 4.39. The fourth-order valence-corrected chi connectivity index (χ4v) is 4.74. The van der Waals surface area contributed by atoms with E-state index in [1.807, 2.05) is 36.1 Å². The molecule has 2 aromatic heterocycles. The second-order valence-electron chi connectivity index (χ2n) is 7.26. The van der Waals surface area contributed by atoms with Crippen LogP contribution in [-0.2, 0) is 0 Å². The molecule has 8 nitrogen and oxygen atoms in total. The minimum absolute atomic E-state index is 0.0670. The number of amides is 1. The number of anilines is 3. The first kappa shape index (κ1) is 18.0. The number of hydrogen-bond donors (Lipinski definition) is 1. The molecule has 1 saturated heterocycles. The van der Waals surface area contributed by atoms with Gasteiger partial charge in [-0.3, -0.25) is 4.79 Å². The van der Waals surface area contributed by atoms with Crippen molar-refractivity contribution in [1.82, 2.24) is 20.2 Å². The molecular formula is C20H21N7OS. The average Bonchev–Trinajstić information content (AvgIpc) is 3.37. The predicted octanol–water partition coefficient (Wildman–Crippen LogP) is 2.97. The lowest BCUT2D eigenvalue weighted by Crippen LogP contribution is -2.39. The third-order valence-electron chi connectivity index (χ3n) is 5.44. The summed E-state index contributed by atoms with van der Waals surface area (Å²) >= 11 is 1.55. The number of nitrogens with zero attached hydrogens (tertiary/aromatic N) is 6. The van der Waals surface area contributed by atoms with Gasteiger partial charge >= 0.3 is 0 Å². The molecule has 0 unspecified atom stereocenters. The van der Waals surface area contributed by atoms with Gasteiger partial charge in [0.15, 0.2) is 0 Å². The first-order valence-corrected chi connectivity index (χ1v) is 10.5. The van der Waals surface area contributed by atoms with E-state index < -0.39 is 0 Å². The van der Waals surface area contributed by atoms with E-state index in [9.17, 15) is 4.79 Å². The molecule has 3 aromatic rings. The van der Waals surface area contributed by atoms with Crippen LogP contribution >= 0.6 is 11.3 Å². The Morgan fingerprint density at radius 2 is 2.17 bits per heavy atom. The molecule has 1 fully saturated rings. The van der Waals surface area contributed by atoms with Gasteiger partial charge in [0.2, 0.25) is 5.95 Å². The van der Waals surface area contributed by atoms with Crippen molar-refractivity contribution in [3.8, 4) is 10.6 Å². The van der Waals surface area contributed by atoms with Crippen LogP contribution in [0.15, 0.2) is 30.5 Å². The number of fused-ring (bicyclic) bond motifs is 3. The molecule has 2 aliphatic heterocycles. The van der Waals surface area contributed by atoms with E-state index in [0.29, 0.717) is 18.1 Å². The highest BCUT2D eigenvalue weighted by Crippen LogP contribution is 2.35. The van der Waals surface area contributed by atoms with Crippen LogP contribution in [0, 0.1) is 6.92 Å². The Morgan fingerprint density at radius 3 is 2.97 bits per heavy atom. The smallest absolute Gasteiger partial charge is 0.263 e. The molecule has 29 heavy (non-hydrogen) atoms. The minimum Gasteiger partial charge on any atom is -0.357 e. The quantitative estimate of drug-likeness (QED) is 0.714. The summed E-state index contributed by atoms with van der Waals surface area (Å²) in [6.07, 6.45) is 3.77. The van der Waals surface area contributed by atoms with Gasteiger partial charge in [0.25, 0.3) is 5.91 Å². The third-order valence-corrected chi connectivity index (χ3v) is 6.33. The Morgan fingerprint density at radius 1 is 1.28 bits per heavy atom. The summed E-state index contributed by atoms with van der Waals surface area (Å²) in [5, 5.41) is 13.1. The molecule has 0 bridgehead atoms. The van der Waals surface area contributed by atoms with Crippen molar-refractivity contribution in [1.29, 1.82) is 0 Å². The standard InChI is InChI=1S/C20H21N7OS/c1-12-24-25-18(29-12)13-5-3-6-14(9-13)27-11-15-7-4-8-26(15)17-16(19(27)28)10-22-20(21-2)23-17/h3,5-6,9-10,15H,4,7-8,11H2,1-2H3,(H,21,22,23)/t15-/m0/s1. The molecule has 0 spiro atoms. The maximum atomic E-state index is 13.5. The first-order chi connectivity index (χ1) is 14.1. The number of benzene rings is 1. The summed E-state index contributed by atoms with van der Waals surface area (Å²) in [7, 11) is 1.79. The Bertz CT molecular complexity index is 1080. The van der Waals surface area contributed by atoms with Gasteiger partial charge in [0, 0.05) is 43.6 Å². The van der Waals surface area contributed by atoms with Crippen LogP contribution < -0.4 is 15.1 Å². The zero-order chi connectivity index (χ0) is 20.0. The Hall–Kier alpha value is -3.07. The van der Waals surface area contributed by atoms with Gasteiger partial charge < -0.3 is 15.1 Å². The summed E-state index contributed by atoms with van der Waals surface area (Å²) in [5.74, 6) is 1.20. The van der Waals surface area contributed by atoms with Crippen LogP contribution in [0.25, 0.3) is 10.6 Å². The van der Waals surface area contributed by atoms with Gasteiger partial charge in [-0.2, -0.15) is 4.98 Å². The van der Waals surface area contributed by atoms with E-state index >= 15 is 0 Å². The van der Waals surface area contributed by atoms with Gasteiger partial charge in [0.1, 0.15) is 21.4 Å². The van der Waals surface area contributed by atoms with Crippen molar-refractivity contribution >= 4 is 34.7 Å². The molecule has 1 aromatic carbocycles.